The molecule has 1 aliphatic rings. The Morgan fingerprint density at radius 3 is 2.33 bits per heavy atom. The molecule has 146 valence electrons. The van der Waals surface area contributed by atoms with Crippen LogP contribution in [0.5, 0.6) is 0 Å². The molecule has 2 heterocycles. The van der Waals surface area contributed by atoms with Crippen LogP contribution in [0.3, 0.4) is 0 Å². The first-order chi connectivity index (χ1) is 12.7. The van der Waals surface area contributed by atoms with Gasteiger partial charge in [-0.3, -0.25) is 4.90 Å². The lowest BCUT2D eigenvalue weighted by Crippen LogP contribution is -2.62. The molecule has 1 fully saturated rings. The van der Waals surface area contributed by atoms with E-state index >= 15 is 0 Å². The van der Waals surface area contributed by atoms with Gasteiger partial charge < -0.3 is 5.32 Å². The van der Waals surface area contributed by atoms with E-state index in [1.165, 1.54) is 16.8 Å². The van der Waals surface area contributed by atoms with Crippen LogP contribution < -0.4 is 5.32 Å². The van der Waals surface area contributed by atoms with Crippen molar-refractivity contribution in [1.29, 1.82) is 0 Å². The van der Waals surface area contributed by atoms with Crippen LogP contribution in [0, 0.1) is 6.92 Å². The van der Waals surface area contributed by atoms with Gasteiger partial charge in [-0.25, -0.2) is 4.68 Å². The van der Waals surface area contributed by atoms with E-state index in [1.807, 2.05) is 10.9 Å². The molecule has 0 atom stereocenters. The van der Waals surface area contributed by atoms with Crippen molar-refractivity contribution >= 4 is 6.20 Å². The highest BCUT2D eigenvalue weighted by atomic mass is 15.3. The van der Waals surface area contributed by atoms with Crippen molar-refractivity contribution in [3.05, 3.63) is 59.9 Å². The van der Waals surface area contributed by atoms with Crippen molar-refractivity contribution in [1.82, 2.24) is 20.0 Å². The van der Waals surface area contributed by atoms with E-state index in [1.54, 1.807) is 6.20 Å². The first kappa shape index (κ1) is 19.8. The largest absolute Gasteiger partial charge is 0.307 e. The summed E-state index contributed by atoms with van der Waals surface area (Å²) in [6.07, 6.45) is 6.04. The zero-order valence-electron chi connectivity index (χ0n) is 17.5. The van der Waals surface area contributed by atoms with E-state index in [0.29, 0.717) is 6.04 Å². The standard InChI is InChI=1S/C23H34N4/c1-7-27-18(2)20(15-24-27)17-26(16-19-11-9-8-10-12-19)21-13-22(3,4)25-23(5,6)14-21/h7-12,15,21,25H,1,13-14,16-17H2,2-6H3. The van der Waals surface area contributed by atoms with Gasteiger partial charge in [0.15, 0.2) is 0 Å². The van der Waals surface area contributed by atoms with Crippen molar-refractivity contribution < 1.29 is 0 Å². The van der Waals surface area contributed by atoms with E-state index in [-0.39, 0.29) is 11.1 Å². The molecule has 0 aliphatic carbocycles. The minimum Gasteiger partial charge on any atom is -0.307 e. The second-order valence-corrected chi connectivity index (χ2v) is 9.23. The molecule has 1 N–H and O–H groups in total. The lowest BCUT2D eigenvalue weighted by Gasteiger charge is -2.49. The molecule has 0 saturated carbocycles. The molecule has 1 aromatic heterocycles. The Hall–Kier alpha value is -1.91. The molecule has 0 spiro atoms. The molecule has 1 aromatic carbocycles. The van der Waals surface area contributed by atoms with Gasteiger partial charge in [-0.15, -0.1) is 0 Å². The third-order valence-corrected chi connectivity index (χ3v) is 5.61. The summed E-state index contributed by atoms with van der Waals surface area (Å²) in [6, 6.07) is 11.3. The van der Waals surface area contributed by atoms with Gasteiger partial charge in [0.05, 0.1) is 6.20 Å². The molecule has 1 aliphatic heterocycles. The Morgan fingerprint density at radius 2 is 1.78 bits per heavy atom. The molecule has 3 rings (SSSR count). The predicted octanol–water partition coefficient (Wildman–Crippen LogP) is 4.60. The summed E-state index contributed by atoms with van der Waals surface area (Å²) in [5.41, 5.74) is 4.07. The van der Waals surface area contributed by atoms with E-state index in [4.69, 9.17) is 0 Å². The number of piperidine rings is 1. The topological polar surface area (TPSA) is 33.1 Å². The first-order valence-electron chi connectivity index (χ1n) is 9.92. The number of rotatable bonds is 6. The lowest BCUT2D eigenvalue weighted by molar-refractivity contribution is 0.0562. The Labute approximate surface area is 164 Å². The van der Waals surface area contributed by atoms with E-state index in [2.05, 4.69) is 86.8 Å². The second-order valence-electron chi connectivity index (χ2n) is 9.23. The fraction of sp³-hybridized carbons (Fsp3) is 0.522. The summed E-state index contributed by atoms with van der Waals surface area (Å²) in [5.74, 6) is 0. The fourth-order valence-electron chi connectivity index (χ4n) is 4.68. The molecule has 27 heavy (non-hydrogen) atoms. The molecule has 0 unspecified atom stereocenters. The molecule has 4 nitrogen and oxygen atoms in total. The highest BCUT2D eigenvalue weighted by molar-refractivity contribution is 5.26. The van der Waals surface area contributed by atoms with Crippen molar-refractivity contribution in [2.24, 2.45) is 0 Å². The van der Waals surface area contributed by atoms with E-state index in [0.717, 1.165) is 25.9 Å². The summed E-state index contributed by atoms with van der Waals surface area (Å²) in [5, 5.41) is 8.27. The number of hydrogen-bond acceptors (Lipinski definition) is 3. The molecule has 0 radical (unpaired) electrons. The normalized spacial score (nSPS) is 19.3. The number of nitrogens with one attached hydrogen (secondary N) is 1. The minimum absolute atomic E-state index is 0.127. The maximum atomic E-state index is 4.46. The van der Waals surface area contributed by atoms with Gasteiger partial charge in [0.1, 0.15) is 0 Å². The van der Waals surface area contributed by atoms with Crippen LogP contribution >= 0.6 is 0 Å². The molecule has 4 heteroatoms. The summed E-state index contributed by atoms with van der Waals surface area (Å²) in [7, 11) is 0. The molecule has 1 saturated heterocycles. The van der Waals surface area contributed by atoms with Crippen LogP contribution in [-0.2, 0) is 13.1 Å². The maximum absolute atomic E-state index is 4.46. The quantitative estimate of drug-likeness (QED) is 0.811. The Balaban J connectivity index is 1.89. The van der Waals surface area contributed by atoms with Gasteiger partial charge in [-0.05, 0) is 53.0 Å². The average molecular weight is 367 g/mol. The van der Waals surface area contributed by atoms with Crippen LogP contribution in [0.2, 0.25) is 0 Å². The third kappa shape index (κ3) is 4.88. The zero-order chi connectivity index (χ0) is 19.7. The van der Waals surface area contributed by atoms with Crippen molar-refractivity contribution in [3.63, 3.8) is 0 Å². The van der Waals surface area contributed by atoms with Crippen LogP contribution in [-0.4, -0.2) is 31.8 Å². The molecular weight excluding hydrogens is 332 g/mol. The zero-order valence-corrected chi connectivity index (χ0v) is 17.5. The van der Waals surface area contributed by atoms with Crippen LogP contribution in [0.25, 0.3) is 6.20 Å². The molecular formula is C23H34N4. The van der Waals surface area contributed by atoms with Crippen molar-refractivity contribution in [3.8, 4) is 0 Å². The Kier molecular flexibility index (Phi) is 5.59. The van der Waals surface area contributed by atoms with E-state index < -0.39 is 0 Å². The highest BCUT2D eigenvalue weighted by Gasteiger charge is 2.40. The van der Waals surface area contributed by atoms with Crippen molar-refractivity contribution in [2.75, 3.05) is 0 Å². The summed E-state index contributed by atoms with van der Waals surface area (Å²) < 4.78 is 1.87. The summed E-state index contributed by atoms with van der Waals surface area (Å²) in [6.45, 7) is 17.1. The Bertz CT molecular complexity index is 757. The molecule has 0 bridgehead atoms. The Morgan fingerprint density at radius 1 is 1.15 bits per heavy atom. The van der Waals surface area contributed by atoms with Crippen LogP contribution in [0.4, 0.5) is 0 Å². The second kappa shape index (κ2) is 7.61. The van der Waals surface area contributed by atoms with Crippen molar-refractivity contribution in [2.45, 2.75) is 77.7 Å². The predicted molar refractivity (Wildman–Crippen MR) is 113 cm³/mol. The first-order valence-corrected chi connectivity index (χ1v) is 9.92. The lowest BCUT2D eigenvalue weighted by atomic mass is 9.79. The van der Waals surface area contributed by atoms with E-state index in [9.17, 15) is 0 Å². The van der Waals surface area contributed by atoms with Gasteiger partial charge in [0, 0.05) is 47.7 Å². The summed E-state index contributed by atoms with van der Waals surface area (Å²) in [4.78, 5) is 2.64. The van der Waals surface area contributed by atoms with Gasteiger partial charge in [0.2, 0.25) is 0 Å². The smallest absolute Gasteiger partial charge is 0.0541 e. The monoisotopic (exact) mass is 366 g/mol. The van der Waals surface area contributed by atoms with Gasteiger partial charge in [-0.2, -0.15) is 5.10 Å². The summed E-state index contributed by atoms with van der Waals surface area (Å²) >= 11 is 0. The minimum atomic E-state index is 0.127. The highest BCUT2D eigenvalue weighted by Crippen LogP contribution is 2.33. The van der Waals surface area contributed by atoms with Gasteiger partial charge in [0.25, 0.3) is 0 Å². The van der Waals surface area contributed by atoms with Crippen LogP contribution in [0.15, 0.2) is 43.1 Å². The van der Waals surface area contributed by atoms with Gasteiger partial charge >= 0.3 is 0 Å². The number of nitrogens with zero attached hydrogens (tertiary/aromatic N) is 3. The number of aromatic nitrogens is 2. The third-order valence-electron chi connectivity index (χ3n) is 5.61. The number of benzene rings is 1. The average Bonchev–Trinajstić information content (AvgIpc) is 2.92. The number of hydrogen-bond donors (Lipinski definition) is 1. The molecule has 0 amide bonds. The SMILES string of the molecule is C=Cn1ncc(CN(Cc2ccccc2)C2CC(C)(C)NC(C)(C)C2)c1C. The maximum Gasteiger partial charge on any atom is 0.0541 e. The fourth-order valence-corrected chi connectivity index (χ4v) is 4.68. The van der Waals surface area contributed by atoms with Crippen LogP contribution in [0.1, 0.15) is 57.4 Å². The van der Waals surface area contributed by atoms with Gasteiger partial charge in [-0.1, -0.05) is 36.9 Å². The molecule has 2 aromatic rings.